The fraction of sp³-hybridized carbons (Fsp3) is 0.562. The quantitative estimate of drug-likeness (QED) is 0.892. The van der Waals surface area contributed by atoms with Crippen LogP contribution in [0.4, 0.5) is 0 Å². The van der Waals surface area contributed by atoms with Crippen molar-refractivity contribution >= 4 is 5.91 Å². The van der Waals surface area contributed by atoms with Crippen LogP contribution in [0.1, 0.15) is 27.9 Å². The van der Waals surface area contributed by atoms with Gasteiger partial charge in [-0.3, -0.25) is 9.69 Å². The van der Waals surface area contributed by atoms with Crippen molar-refractivity contribution in [3.63, 3.8) is 0 Å². The largest absolute Gasteiger partial charge is 0.372 e. The fourth-order valence-electron chi connectivity index (χ4n) is 2.98. The van der Waals surface area contributed by atoms with Crippen LogP contribution in [0.3, 0.4) is 0 Å². The zero-order chi connectivity index (χ0) is 14.7. The maximum atomic E-state index is 12.6. The molecule has 0 spiro atoms. The van der Waals surface area contributed by atoms with Gasteiger partial charge in [-0.15, -0.1) is 0 Å². The Morgan fingerprint density at radius 1 is 1.14 bits per heavy atom. The van der Waals surface area contributed by atoms with Gasteiger partial charge >= 0.3 is 0 Å². The van der Waals surface area contributed by atoms with E-state index < -0.39 is 0 Å². The highest BCUT2D eigenvalue weighted by Crippen LogP contribution is 2.21. The van der Waals surface area contributed by atoms with Gasteiger partial charge in [0, 0.05) is 31.7 Å². The number of nitrogens with zero attached hydrogens (tertiary/aromatic N) is 2. The molecule has 5 heteroatoms. The zero-order valence-corrected chi connectivity index (χ0v) is 12.4. The number of ether oxygens (including phenoxy) is 1. The molecule has 0 atom stereocenters. The van der Waals surface area contributed by atoms with Crippen LogP contribution in [-0.2, 0) is 18.0 Å². The van der Waals surface area contributed by atoms with Gasteiger partial charge < -0.3 is 15.4 Å². The minimum atomic E-state index is 0.142. The first-order valence-corrected chi connectivity index (χ1v) is 7.69. The first-order valence-electron chi connectivity index (χ1n) is 7.69. The van der Waals surface area contributed by atoms with Gasteiger partial charge in [0.25, 0.3) is 5.91 Å². The van der Waals surface area contributed by atoms with Crippen LogP contribution >= 0.6 is 0 Å². The summed E-state index contributed by atoms with van der Waals surface area (Å²) in [6.07, 6.45) is 1.03. The molecule has 2 aliphatic heterocycles. The highest BCUT2D eigenvalue weighted by molar-refractivity contribution is 5.94. The Balaban J connectivity index is 1.59. The number of piperazine rings is 1. The van der Waals surface area contributed by atoms with Gasteiger partial charge in [-0.25, -0.2) is 0 Å². The van der Waals surface area contributed by atoms with Crippen LogP contribution in [0.25, 0.3) is 0 Å². The first kappa shape index (κ1) is 14.5. The molecule has 1 amide bonds. The van der Waals surface area contributed by atoms with Gasteiger partial charge in [0.15, 0.2) is 0 Å². The smallest absolute Gasteiger partial charge is 0.253 e. The Labute approximate surface area is 125 Å². The number of nitrogens with two attached hydrogens (primary N) is 1. The molecule has 5 nitrogen and oxygen atoms in total. The zero-order valence-electron chi connectivity index (χ0n) is 12.4. The lowest BCUT2D eigenvalue weighted by atomic mass is 10.1. The minimum Gasteiger partial charge on any atom is -0.372 e. The van der Waals surface area contributed by atoms with Gasteiger partial charge in [-0.05, 0) is 42.8 Å². The predicted octanol–water partition coefficient (Wildman–Crippen LogP) is 0.823. The second kappa shape index (κ2) is 6.56. The van der Waals surface area contributed by atoms with Crippen LogP contribution in [-0.4, -0.2) is 55.0 Å². The van der Waals surface area contributed by atoms with Crippen molar-refractivity contribution in [1.82, 2.24) is 9.80 Å². The molecule has 1 aromatic rings. The van der Waals surface area contributed by atoms with E-state index in [2.05, 4.69) is 4.90 Å². The molecule has 0 unspecified atom stereocenters. The third-order valence-electron chi connectivity index (χ3n) is 4.31. The number of rotatable bonds is 4. The molecule has 0 aromatic heterocycles. The summed E-state index contributed by atoms with van der Waals surface area (Å²) in [6, 6.07) is 5.94. The standard InChI is InChI=1S/C16H23N3O2/c17-4-1-5-18-6-8-19(9-7-18)16(20)13-2-3-14-11-21-12-15(14)10-13/h2-3,10H,1,4-9,11-12,17H2. The normalized spacial score (nSPS) is 18.8. The summed E-state index contributed by atoms with van der Waals surface area (Å²) < 4.78 is 5.40. The van der Waals surface area contributed by atoms with Crippen LogP contribution in [0.15, 0.2) is 18.2 Å². The molecule has 21 heavy (non-hydrogen) atoms. The molecule has 0 saturated carbocycles. The van der Waals surface area contributed by atoms with Crippen molar-refractivity contribution in [2.75, 3.05) is 39.3 Å². The summed E-state index contributed by atoms with van der Waals surface area (Å²) in [5.41, 5.74) is 8.69. The summed E-state index contributed by atoms with van der Waals surface area (Å²) in [6.45, 7) is 6.56. The van der Waals surface area contributed by atoms with Crippen LogP contribution in [0.2, 0.25) is 0 Å². The van der Waals surface area contributed by atoms with Gasteiger partial charge in [0.1, 0.15) is 0 Å². The molecule has 3 rings (SSSR count). The molecular weight excluding hydrogens is 266 g/mol. The van der Waals surface area contributed by atoms with Crippen molar-refractivity contribution in [2.45, 2.75) is 19.6 Å². The Kier molecular flexibility index (Phi) is 4.53. The Hall–Kier alpha value is -1.43. The lowest BCUT2D eigenvalue weighted by molar-refractivity contribution is 0.0636. The minimum absolute atomic E-state index is 0.142. The Bertz CT molecular complexity index is 510. The number of carbonyl (C=O) groups is 1. The lowest BCUT2D eigenvalue weighted by Gasteiger charge is -2.34. The number of benzene rings is 1. The molecule has 0 aliphatic carbocycles. The predicted molar refractivity (Wildman–Crippen MR) is 80.9 cm³/mol. The van der Waals surface area contributed by atoms with Crippen molar-refractivity contribution in [1.29, 1.82) is 0 Å². The second-order valence-electron chi connectivity index (χ2n) is 5.75. The number of hydrogen-bond donors (Lipinski definition) is 1. The third-order valence-corrected chi connectivity index (χ3v) is 4.31. The summed E-state index contributed by atoms with van der Waals surface area (Å²) in [4.78, 5) is 16.9. The Morgan fingerprint density at radius 3 is 2.67 bits per heavy atom. The number of fused-ring (bicyclic) bond motifs is 1. The number of hydrogen-bond acceptors (Lipinski definition) is 4. The maximum Gasteiger partial charge on any atom is 0.253 e. The molecule has 0 bridgehead atoms. The first-order chi connectivity index (χ1) is 10.3. The van der Waals surface area contributed by atoms with Gasteiger partial charge in [0.2, 0.25) is 0 Å². The molecule has 1 fully saturated rings. The molecule has 1 saturated heterocycles. The summed E-state index contributed by atoms with van der Waals surface area (Å²) >= 11 is 0. The second-order valence-corrected chi connectivity index (χ2v) is 5.75. The molecule has 114 valence electrons. The van der Waals surface area contributed by atoms with E-state index in [0.717, 1.165) is 56.8 Å². The molecular formula is C16H23N3O2. The average Bonchev–Trinajstić information content (AvgIpc) is 3.00. The van der Waals surface area contributed by atoms with E-state index in [0.29, 0.717) is 13.2 Å². The third kappa shape index (κ3) is 3.26. The molecule has 2 aliphatic rings. The number of amides is 1. The highest BCUT2D eigenvalue weighted by atomic mass is 16.5. The SMILES string of the molecule is NCCCN1CCN(C(=O)c2ccc3c(c2)COC3)CC1. The van der Waals surface area contributed by atoms with E-state index in [-0.39, 0.29) is 5.91 Å². The van der Waals surface area contributed by atoms with E-state index in [4.69, 9.17) is 10.5 Å². The average molecular weight is 289 g/mol. The van der Waals surface area contributed by atoms with Crippen molar-refractivity contribution in [3.8, 4) is 0 Å². The molecule has 2 heterocycles. The van der Waals surface area contributed by atoms with E-state index in [1.807, 2.05) is 23.1 Å². The van der Waals surface area contributed by atoms with Gasteiger partial charge in [-0.2, -0.15) is 0 Å². The molecule has 0 radical (unpaired) electrons. The summed E-state index contributed by atoms with van der Waals surface area (Å²) in [7, 11) is 0. The lowest BCUT2D eigenvalue weighted by Crippen LogP contribution is -2.49. The van der Waals surface area contributed by atoms with Crippen LogP contribution in [0.5, 0.6) is 0 Å². The van der Waals surface area contributed by atoms with E-state index in [1.165, 1.54) is 5.56 Å². The van der Waals surface area contributed by atoms with Crippen LogP contribution in [0, 0.1) is 0 Å². The highest BCUT2D eigenvalue weighted by Gasteiger charge is 2.23. The summed E-state index contributed by atoms with van der Waals surface area (Å²) in [5.74, 6) is 0.142. The van der Waals surface area contributed by atoms with Crippen molar-refractivity contribution in [3.05, 3.63) is 34.9 Å². The van der Waals surface area contributed by atoms with Crippen LogP contribution < -0.4 is 5.73 Å². The van der Waals surface area contributed by atoms with Crippen molar-refractivity contribution in [2.24, 2.45) is 5.73 Å². The number of carbonyl (C=O) groups excluding carboxylic acids is 1. The van der Waals surface area contributed by atoms with E-state index >= 15 is 0 Å². The monoisotopic (exact) mass is 289 g/mol. The van der Waals surface area contributed by atoms with E-state index in [1.54, 1.807) is 0 Å². The molecule has 2 N–H and O–H groups in total. The summed E-state index contributed by atoms with van der Waals surface area (Å²) in [5, 5.41) is 0. The van der Waals surface area contributed by atoms with Crippen molar-refractivity contribution < 1.29 is 9.53 Å². The van der Waals surface area contributed by atoms with E-state index in [9.17, 15) is 4.79 Å². The van der Waals surface area contributed by atoms with Gasteiger partial charge in [0.05, 0.1) is 13.2 Å². The topological polar surface area (TPSA) is 58.8 Å². The molecule has 1 aromatic carbocycles. The fourth-order valence-corrected chi connectivity index (χ4v) is 2.98. The maximum absolute atomic E-state index is 12.6. The van der Waals surface area contributed by atoms with Gasteiger partial charge in [-0.1, -0.05) is 6.07 Å². The Morgan fingerprint density at radius 2 is 1.90 bits per heavy atom.